The summed E-state index contributed by atoms with van der Waals surface area (Å²) >= 11 is 0. The van der Waals surface area contributed by atoms with E-state index in [0.29, 0.717) is 0 Å². The van der Waals surface area contributed by atoms with Gasteiger partial charge in [-0.05, 0) is 36.4 Å². The Kier molecular flexibility index (Phi) is 2.90. The van der Waals surface area contributed by atoms with Crippen molar-refractivity contribution in [3.05, 3.63) is 95.4 Å². The van der Waals surface area contributed by atoms with E-state index in [1.165, 1.54) is 0 Å². The summed E-state index contributed by atoms with van der Waals surface area (Å²) in [5.74, 6) is 0. The van der Waals surface area contributed by atoms with E-state index >= 15 is 0 Å². The minimum atomic E-state index is -0.0569. The first-order chi connectivity index (χ1) is 10.9. The highest BCUT2D eigenvalue weighted by molar-refractivity contribution is 5.80. The predicted octanol–water partition coefficient (Wildman–Crippen LogP) is 3.78. The summed E-state index contributed by atoms with van der Waals surface area (Å²) in [5, 5.41) is 0. The first kappa shape index (κ1) is 12.7. The topological polar surface area (TPSA) is 26.9 Å². The van der Waals surface area contributed by atoms with Crippen molar-refractivity contribution in [3.63, 3.8) is 0 Å². The van der Waals surface area contributed by atoms with Crippen LogP contribution in [0.15, 0.2) is 89.7 Å². The Bertz CT molecular complexity index is 903. The zero-order chi connectivity index (χ0) is 14.9. The highest BCUT2D eigenvalue weighted by atomic mass is 16.1. The molecule has 0 saturated carbocycles. The molecule has 0 aliphatic carbocycles. The van der Waals surface area contributed by atoms with E-state index in [1.54, 1.807) is 9.13 Å². The quantitative estimate of drug-likeness (QED) is 0.551. The number of hydrogen-bond acceptors (Lipinski definition) is 1. The average Bonchev–Trinajstić information content (AvgIpc) is 2.88. The molecule has 0 aliphatic heterocycles. The summed E-state index contributed by atoms with van der Waals surface area (Å²) in [6, 6.07) is 27.3. The highest BCUT2D eigenvalue weighted by Crippen LogP contribution is 2.20. The SMILES string of the molecule is O=c1n(-c2ccccc2)c2ccccc2n1-c1ccccc1. The number of para-hydroxylation sites is 4. The summed E-state index contributed by atoms with van der Waals surface area (Å²) in [7, 11) is 0. The van der Waals surface area contributed by atoms with Crippen LogP contribution >= 0.6 is 0 Å². The molecule has 0 atom stereocenters. The zero-order valence-corrected chi connectivity index (χ0v) is 11.9. The zero-order valence-electron chi connectivity index (χ0n) is 11.9. The van der Waals surface area contributed by atoms with Crippen LogP contribution in [0.25, 0.3) is 22.4 Å². The summed E-state index contributed by atoms with van der Waals surface area (Å²) < 4.78 is 3.50. The third-order valence-corrected chi connectivity index (χ3v) is 3.77. The number of nitrogens with zero attached hydrogens (tertiary/aromatic N) is 2. The molecule has 22 heavy (non-hydrogen) atoms. The molecular formula is C19H14N2O. The third-order valence-electron chi connectivity index (χ3n) is 3.77. The Morgan fingerprint density at radius 1 is 0.500 bits per heavy atom. The number of aromatic nitrogens is 2. The average molecular weight is 286 g/mol. The first-order valence-electron chi connectivity index (χ1n) is 7.19. The van der Waals surface area contributed by atoms with E-state index in [1.807, 2.05) is 84.9 Å². The number of benzene rings is 3. The number of rotatable bonds is 2. The Labute approximate surface area is 127 Å². The smallest absolute Gasteiger partial charge is 0.260 e. The normalized spacial score (nSPS) is 10.9. The van der Waals surface area contributed by atoms with Crippen molar-refractivity contribution in [2.45, 2.75) is 0 Å². The van der Waals surface area contributed by atoms with Crippen LogP contribution in [0.5, 0.6) is 0 Å². The number of imidazole rings is 1. The van der Waals surface area contributed by atoms with E-state index < -0.39 is 0 Å². The van der Waals surface area contributed by atoms with Crippen LogP contribution in [0, 0.1) is 0 Å². The van der Waals surface area contributed by atoms with Gasteiger partial charge in [0, 0.05) is 0 Å². The summed E-state index contributed by atoms with van der Waals surface area (Å²) in [5.41, 5.74) is 3.50. The van der Waals surface area contributed by atoms with Crippen LogP contribution in [-0.2, 0) is 0 Å². The molecule has 0 bridgehead atoms. The lowest BCUT2D eigenvalue weighted by Gasteiger charge is -2.02. The maximum atomic E-state index is 13.0. The standard InChI is InChI=1S/C19H14N2O/c22-19-20(15-9-3-1-4-10-15)17-13-7-8-14-18(17)21(19)16-11-5-2-6-12-16/h1-14H. The molecule has 4 aromatic rings. The second-order valence-corrected chi connectivity index (χ2v) is 5.11. The summed E-state index contributed by atoms with van der Waals surface area (Å²) in [6.45, 7) is 0. The Balaban J connectivity index is 2.12. The molecular weight excluding hydrogens is 272 g/mol. The molecule has 3 nitrogen and oxygen atoms in total. The van der Waals surface area contributed by atoms with Crippen molar-refractivity contribution < 1.29 is 0 Å². The van der Waals surface area contributed by atoms with Gasteiger partial charge in [-0.1, -0.05) is 48.5 Å². The van der Waals surface area contributed by atoms with E-state index in [0.717, 1.165) is 22.4 Å². The van der Waals surface area contributed by atoms with Crippen molar-refractivity contribution in [1.29, 1.82) is 0 Å². The third kappa shape index (κ3) is 1.87. The van der Waals surface area contributed by atoms with Gasteiger partial charge in [0.1, 0.15) is 0 Å². The molecule has 1 aromatic heterocycles. The van der Waals surface area contributed by atoms with Crippen LogP contribution in [0.3, 0.4) is 0 Å². The van der Waals surface area contributed by atoms with E-state index in [4.69, 9.17) is 0 Å². The van der Waals surface area contributed by atoms with Gasteiger partial charge in [-0.2, -0.15) is 0 Å². The Morgan fingerprint density at radius 3 is 1.27 bits per heavy atom. The van der Waals surface area contributed by atoms with Crippen LogP contribution in [0.4, 0.5) is 0 Å². The summed E-state index contributed by atoms with van der Waals surface area (Å²) in [6.07, 6.45) is 0. The largest absolute Gasteiger partial charge is 0.338 e. The van der Waals surface area contributed by atoms with E-state index in [2.05, 4.69) is 0 Å². The molecule has 3 aromatic carbocycles. The fourth-order valence-electron chi connectivity index (χ4n) is 2.80. The molecule has 3 heteroatoms. The van der Waals surface area contributed by atoms with Gasteiger partial charge in [-0.25, -0.2) is 4.79 Å². The number of hydrogen-bond donors (Lipinski definition) is 0. The van der Waals surface area contributed by atoms with Crippen molar-refractivity contribution >= 4 is 11.0 Å². The lowest BCUT2D eigenvalue weighted by Crippen LogP contribution is -2.21. The van der Waals surface area contributed by atoms with Crippen LogP contribution in [0.1, 0.15) is 0 Å². The predicted molar refractivity (Wildman–Crippen MR) is 88.9 cm³/mol. The van der Waals surface area contributed by atoms with Crippen molar-refractivity contribution in [1.82, 2.24) is 9.13 Å². The Hall–Kier alpha value is -3.07. The monoisotopic (exact) mass is 286 g/mol. The van der Waals surface area contributed by atoms with Crippen molar-refractivity contribution in [2.24, 2.45) is 0 Å². The van der Waals surface area contributed by atoms with Crippen molar-refractivity contribution in [2.75, 3.05) is 0 Å². The van der Waals surface area contributed by atoms with Gasteiger partial charge in [-0.15, -0.1) is 0 Å². The molecule has 0 radical (unpaired) electrons. The molecule has 0 amide bonds. The van der Waals surface area contributed by atoms with E-state index in [-0.39, 0.29) is 5.69 Å². The highest BCUT2D eigenvalue weighted by Gasteiger charge is 2.14. The van der Waals surface area contributed by atoms with Gasteiger partial charge in [0.05, 0.1) is 22.4 Å². The maximum Gasteiger partial charge on any atom is 0.338 e. The molecule has 0 aliphatic rings. The van der Waals surface area contributed by atoms with Crippen molar-refractivity contribution in [3.8, 4) is 11.4 Å². The van der Waals surface area contributed by atoms with Gasteiger partial charge < -0.3 is 0 Å². The molecule has 0 spiro atoms. The maximum absolute atomic E-state index is 13.0. The molecule has 106 valence electrons. The molecule has 4 rings (SSSR count). The molecule has 1 heterocycles. The molecule has 0 N–H and O–H groups in total. The minimum absolute atomic E-state index is 0.0569. The lowest BCUT2D eigenvalue weighted by molar-refractivity contribution is 0.931. The fourth-order valence-corrected chi connectivity index (χ4v) is 2.80. The second-order valence-electron chi connectivity index (χ2n) is 5.11. The van der Waals surface area contributed by atoms with Gasteiger partial charge in [-0.3, -0.25) is 9.13 Å². The van der Waals surface area contributed by atoms with Gasteiger partial charge >= 0.3 is 5.69 Å². The van der Waals surface area contributed by atoms with Crippen LogP contribution in [-0.4, -0.2) is 9.13 Å². The first-order valence-corrected chi connectivity index (χ1v) is 7.19. The number of fused-ring (bicyclic) bond motifs is 1. The van der Waals surface area contributed by atoms with Crippen LogP contribution < -0.4 is 5.69 Å². The van der Waals surface area contributed by atoms with Gasteiger partial charge in [0.25, 0.3) is 0 Å². The molecule has 0 fully saturated rings. The molecule has 0 unspecified atom stereocenters. The molecule has 0 saturated heterocycles. The summed E-state index contributed by atoms with van der Waals surface area (Å²) in [4.78, 5) is 13.0. The van der Waals surface area contributed by atoms with Crippen LogP contribution in [0.2, 0.25) is 0 Å². The fraction of sp³-hybridized carbons (Fsp3) is 0. The van der Waals surface area contributed by atoms with E-state index in [9.17, 15) is 4.79 Å². The van der Waals surface area contributed by atoms with Gasteiger partial charge in [0.2, 0.25) is 0 Å². The lowest BCUT2D eigenvalue weighted by atomic mass is 10.2. The second kappa shape index (κ2) is 5.04. The minimum Gasteiger partial charge on any atom is -0.260 e. The van der Waals surface area contributed by atoms with Gasteiger partial charge in [0.15, 0.2) is 0 Å². The Morgan fingerprint density at radius 2 is 0.864 bits per heavy atom.